The van der Waals surface area contributed by atoms with Crippen LogP contribution in [-0.4, -0.2) is 98.6 Å². The first kappa shape index (κ1) is 59.4. The lowest BCUT2D eigenvalue weighted by Gasteiger charge is -2.20. The summed E-state index contributed by atoms with van der Waals surface area (Å²) in [5.74, 6) is -1.92. The van der Waals surface area contributed by atoms with Gasteiger partial charge in [-0.1, -0.05) is 126 Å². The molecule has 1 saturated carbocycles. The summed E-state index contributed by atoms with van der Waals surface area (Å²) in [6.45, 7) is 1.29. The van der Waals surface area contributed by atoms with Gasteiger partial charge in [-0.15, -0.1) is 0 Å². The van der Waals surface area contributed by atoms with Crippen molar-refractivity contribution in [3.05, 3.63) is 60.8 Å². The van der Waals surface area contributed by atoms with Crippen molar-refractivity contribution in [1.29, 1.82) is 0 Å². The van der Waals surface area contributed by atoms with E-state index in [-0.39, 0.29) is 36.9 Å². The molecule has 0 heterocycles. The lowest BCUT2D eigenvalue weighted by molar-refractivity contribution is -0.161. The molecule has 368 valence electrons. The molecule has 0 aromatic carbocycles. The lowest BCUT2D eigenvalue weighted by Crippen LogP contribution is -2.29. The van der Waals surface area contributed by atoms with Crippen molar-refractivity contribution in [3.63, 3.8) is 0 Å². The molecule has 0 saturated heterocycles. The van der Waals surface area contributed by atoms with E-state index in [0.717, 1.165) is 51.4 Å². The van der Waals surface area contributed by atoms with Crippen molar-refractivity contribution >= 4 is 33.4 Å². The van der Waals surface area contributed by atoms with Gasteiger partial charge in [0.05, 0.1) is 32.0 Å². The molecule has 0 aromatic rings. The molecule has 1 rings (SSSR count). The molecular weight excluding hydrogens is 870 g/mol. The number of ketones is 1. The Labute approximate surface area is 381 Å². The fourth-order valence-corrected chi connectivity index (χ4v) is 7.86. The Morgan fingerprint density at radius 1 is 0.688 bits per heavy atom. The number of unbranched alkanes of at least 4 members (excludes halogenated alkanes) is 9. The third kappa shape index (κ3) is 33.0. The highest BCUT2D eigenvalue weighted by molar-refractivity contribution is 7.47. The molecule has 0 aliphatic heterocycles. The molecule has 1 fully saturated rings. The minimum atomic E-state index is -4.90. The van der Waals surface area contributed by atoms with E-state index in [4.69, 9.17) is 23.8 Å². The van der Waals surface area contributed by atoms with E-state index in [1.54, 1.807) is 12.2 Å². The van der Waals surface area contributed by atoms with E-state index >= 15 is 0 Å². The third-order valence-electron chi connectivity index (χ3n) is 10.3. The second kappa shape index (κ2) is 36.5. The first-order valence-electron chi connectivity index (χ1n) is 23.1. The second-order valence-electron chi connectivity index (χ2n) is 16.1. The minimum absolute atomic E-state index is 0.00493. The molecule has 7 atom stereocenters. The number of Topliss-reactive ketones (excluding diaryl/α,β-unsaturated/α-hetero) is 1. The van der Waals surface area contributed by atoms with Crippen molar-refractivity contribution in [2.45, 2.75) is 173 Å². The summed E-state index contributed by atoms with van der Waals surface area (Å²) in [7, 11) is -9.79. The maximum Gasteiger partial charge on any atom is 0.472 e. The average Bonchev–Trinajstić information content (AvgIpc) is 3.51. The van der Waals surface area contributed by atoms with E-state index in [1.165, 1.54) is 19.3 Å². The largest absolute Gasteiger partial charge is 0.472 e. The summed E-state index contributed by atoms with van der Waals surface area (Å²) in [6.07, 6.45) is 31.2. The van der Waals surface area contributed by atoms with Gasteiger partial charge in [0.2, 0.25) is 0 Å². The highest BCUT2D eigenvalue weighted by atomic mass is 31.2. The Hall–Kier alpha value is -2.59. The molecule has 1 unspecified atom stereocenters. The molecular formula is C46H78O16P2. The van der Waals surface area contributed by atoms with Crippen molar-refractivity contribution < 1.29 is 76.6 Å². The molecule has 0 radical (unpaired) electrons. The molecule has 1 aliphatic carbocycles. The van der Waals surface area contributed by atoms with Gasteiger partial charge in [0.1, 0.15) is 18.5 Å². The third-order valence-corrected chi connectivity index (χ3v) is 11.7. The zero-order valence-corrected chi connectivity index (χ0v) is 39.9. The molecule has 1 aliphatic rings. The van der Waals surface area contributed by atoms with Gasteiger partial charge in [-0.25, -0.2) is 9.13 Å². The summed E-state index contributed by atoms with van der Waals surface area (Å²) in [5, 5.41) is 30.5. The summed E-state index contributed by atoms with van der Waals surface area (Å²) in [5.41, 5.74) is 0. The Morgan fingerprint density at radius 3 is 1.89 bits per heavy atom. The number of ether oxygens (including phenoxy) is 2. The van der Waals surface area contributed by atoms with Gasteiger partial charge < -0.3 is 39.5 Å². The van der Waals surface area contributed by atoms with E-state index in [1.807, 2.05) is 12.2 Å². The molecule has 0 bridgehead atoms. The fourth-order valence-electron chi connectivity index (χ4n) is 6.71. The summed E-state index contributed by atoms with van der Waals surface area (Å²) in [6, 6.07) is 0. The highest BCUT2D eigenvalue weighted by Crippen LogP contribution is 2.44. The van der Waals surface area contributed by atoms with Crippen LogP contribution < -0.4 is 0 Å². The average molecular weight is 949 g/mol. The number of carbonyl (C=O) groups excluding carboxylic acids is 3. The Balaban J connectivity index is 2.57. The van der Waals surface area contributed by atoms with Crippen molar-refractivity contribution in [2.75, 3.05) is 26.4 Å². The monoisotopic (exact) mass is 948 g/mol. The fraction of sp³-hybridized carbons (Fsp3) is 0.717. The zero-order chi connectivity index (χ0) is 47.5. The molecule has 0 aromatic heterocycles. The van der Waals surface area contributed by atoms with Gasteiger partial charge in [0.25, 0.3) is 0 Å². The molecule has 0 spiro atoms. The number of carbonyl (C=O) groups is 3. The number of allylic oxidation sites excluding steroid dienone is 8. The van der Waals surface area contributed by atoms with E-state index in [9.17, 15) is 43.7 Å². The van der Waals surface area contributed by atoms with Crippen LogP contribution in [0.4, 0.5) is 0 Å². The van der Waals surface area contributed by atoms with E-state index in [0.29, 0.717) is 44.9 Å². The van der Waals surface area contributed by atoms with Crippen LogP contribution in [0, 0.1) is 11.8 Å². The van der Waals surface area contributed by atoms with Crippen LogP contribution >= 0.6 is 15.6 Å². The molecule has 64 heavy (non-hydrogen) atoms. The minimum Gasteiger partial charge on any atom is -0.462 e. The van der Waals surface area contributed by atoms with Gasteiger partial charge in [-0.2, -0.15) is 0 Å². The Bertz CT molecular complexity index is 1520. The van der Waals surface area contributed by atoms with Gasteiger partial charge >= 0.3 is 27.6 Å². The summed E-state index contributed by atoms with van der Waals surface area (Å²) < 4.78 is 47.8. The van der Waals surface area contributed by atoms with Crippen LogP contribution in [0.2, 0.25) is 0 Å². The van der Waals surface area contributed by atoms with Crippen LogP contribution in [0.3, 0.4) is 0 Å². The number of hydrogen-bond acceptors (Lipinski definition) is 13. The maximum atomic E-state index is 12.7. The first-order valence-corrected chi connectivity index (χ1v) is 26.1. The van der Waals surface area contributed by atoms with Gasteiger partial charge in [-0.05, 0) is 64.2 Å². The summed E-state index contributed by atoms with van der Waals surface area (Å²) in [4.78, 5) is 65.6. The van der Waals surface area contributed by atoms with E-state index < -0.39 is 78.4 Å². The highest BCUT2D eigenvalue weighted by Gasteiger charge is 2.39. The molecule has 0 amide bonds. The van der Waals surface area contributed by atoms with Gasteiger partial charge in [0, 0.05) is 31.1 Å². The first-order chi connectivity index (χ1) is 30.6. The number of aliphatic hydroxyl groups is 3. The molecule has 18 heteroatoms. The van der Waals surface area contributed by atoms with E-state index in [2.05, 4.69) is 59.4 Å². The quantitative estimate of drug-likeness (QED) is 0.0146. The van der Waals surface area contributed by atoms with Crippen molar-refractivity contribution in [1.82, 2.24) is 0 Å². The van der Waals surface area contributed by atoms with Crippen LogP contribution in [0.25, 0.3) is 0 Å². The van der Waals surface area contributed by atoms with Crippen LogP contribution in [0.1, 0.15) is 149 Å². The number of esters is 2. The smallest absolute Gasteiger partial charge is 0.462 e. The standard InChI is InChI=1S/C46H78O16P2/c1-3-5-7-8-9-10-11-12-13-14-15-16-17-18-19-20-26-30-46(52)62-40(37-61-64(56,57)60-35-39(48)34-59-63(53,54)55)36-58-45(51)29-25-22-21-24-28-41-42(44(50)33-43(41)49)32-31-38(47)27-23-6-4-2/h9-10,12-13,15-16,18-19,31-32,38-42,44,47-48,50H,3-8,11,14,17,20-30,33-37H2,1-2H3,(H,56,57)(H2,53,54,55)/b10-9-,13-12-,16-15-,19-18-,32-31+/t38-,39-,40+,41+,42+,44+/m0/s1. The van der Waals surface area contributed by atoms with Crippen molar-refractivity contribution in [2.24, 2.45) is 11.8 Å². The number of phosphoric ester groups is 2. The summed E-state index contributed by atoms with van der Waals surface area (Å²) >= 11 is 0. The SMILES string of the molecule is CCCCC/C=C\C/C=C\C/C=C\C/C=C\CCCC(=O)O[C@H](COC(=O)CCCCCC[C@H]1C(=O)C[C@@H](O)[C@@H]1/C=C/[C@@H](O)CCCCC)COP(=O)(O)OC[C@@H](O)COP(=O)(O)O. The van der Waals surface area contributed by atoms with Crippen molar-refractivity contribution in [3.8, 4) is 0 Å². The van der Waals surface area contributed by atoms with Gasteiger partial charge in [0.15, 0.2) is 6.10 Å². The predicted octanol–water partition coefficient (Wildman–Crippen LogP) is 8.60. The number of aliphatic hydroxyl groups excluding tert-OH is 3. The second-order valence-corrected chi connectivity index (χ2v) is 18.8. The van der Waals surface area contributed by atoms with Crippen LogP contribution in [-0.2, 0) is 46.6 Å². The number of rotatable bonds is 39. The predicted molar refractivity (Wildman–Crippen MR) is 245 cm³/mol. The molecule has 6 N–H and O–H groups in total. The van der Waals surface area contributed by atoms with Crippen LogP contribution in [0.5, 0.6) is 0 Å². The Morgan fingerprint density at radius 2 is 1.25 bits per heavy atom. The van der Waals surface area contributed by atoms with Gasteiger partial charge in [-0.3, -0.25) is 28.0 Å². The number of phosphoric acid groups is 2. The maximum absolute atomic E-state index is 12.7. The van der Waals surface area contributed by atoms with Crippen LogP contribution in [0.15, 0.2) is 60.8 Å². The number of hydrogen-bond donors (Lipinski definition) is 6. The topological polar surface area (TPSA) is 253 Å². The lowest BCUT2D eigenvalue weighted by atomic mass is 9.88. The normalized spacial score (nSPS) is 19.7. The molecule has 16 nitrogen and oxygen atoms in total. The zero-order valence-electron chi connectivity index (χ0n) is 38.1. The Kier molecular flexibility index (Phi) is 33.9.